The van der Waals surface area contributed by atoms with Crippen LogP contribution in [0.25, 0.3) is 0 Å². The molecule has 0 aromatic heterocycles. The monoisotopic (exact) mass is 333 g/mol. The number of piperidine rings is 1. The van der Waals surface area contributed by atoms with Crippen LogP contribution in [0.2, 0.25) is 0 Å². The predicted molar refractivity (Wildman–Crippen MR) is 72.1 cm³/mol. The largest absolute Gasteiger partial charge is 0.411 e. The van der Waals surface area contributed by atoms with E-state index in [0.29, 0.717) is 13.1 Å². The fourth-order valence-corrected chi connectivity index (χ4v) is 3.69. The summed E-state index contributed by atoms with van der Waals surface area (Å²) >= 11 is 0. The average Bonchev–Trinajstić information content (AvgIpc) is 2.37. The maximum Gasteiger partial charge on any atom is 0.411 e. The van der Waals surface area contributed by atoms with Gasteiger partial charge in [0, 0.05) is 25.7 Å². The molecular formula is C11H22F3N3O3S. The van der Waals surface area contributed by atoms with Gasteiger partial charge in [0.1, 0.15) is 6.61 Å². The van der Waals surface area contributed by atoms with Crippen molar-refractivity contribution < 1.29 is 26.3 Å². The molecule has 1 atom stereocenters. The van der Waals surface area contributed by atoms with Gasteiger partial charge in [0.2, 0.25) is 0 Å². The van der Waals surface area contributed by atoms with E-state index in [1.807, 2.05) is 0 Å². The first-order valence-corrected chi connectivity index (χ1v) is 8.26. The van der Waals surface area contributed by atoms with Crippen LogP contribution in [0.5, 0.6) is 0 Å². The number of hydrogen-bond donors (Lipinski definition) is 2. The summed E-state index contributed by atoms with van der Waals surface area (Å²) in [4.78, 5) is 0. The zero-order valence-corrected chi connectivity index (χ0v) is 12.8. The van der Waals surface area contributed by atoms with E-state index < -0.39 is 23.0 Å². The standard InChI is InChI=1S/C11H22F3N3O3S/c1-15-8-10-4-2-3-6-17(10)21(18,19)16-5-7-20-9-11(12,13)14/h10,15-16H,2-9H2,1H3. The van der Waals surface area contributed by atoms with Gasteiger partial charge < -0.3 is 10.1 Å². The Bertz CT molecular complexity index is 401. The first-order valence-electron chi connectivity index (χ1n) is 6.82. The van der Waals surface area contributed by atoms with Crippen LogP contribution in [-0.4, -0.2) is 64.8 Å². The summed E-state index contributed by atoms with van der Waals surface area (Å²) in [5.74, 6) is 0. The molecule has 1 fully saturated rings. The number of nitrogens with zero attached hydrogens (tertiary/aromatic N) is 1. The molecule has 10 heteroatoms. The highest BCUT2D eigenvalue weighted by Crippen LogP contribution is 2.19. The van der Waals surface area contributed by atoms with Crippen molar-refractivity contribution in [1.29, 1.82) is 0 Å². The van der Waals surface area contributed by atoms with Gasteiger partial charge in [-0.05, 0) is 19.9 Å². The third-order valence-electron chi connectivity index (χ3n) is 3.12. The lowest BCUT2D eigenvalue weighted by molar-refractivity contribution is -0.173. The summed E-state index contributed by atoms with van der Waals surface area (Å²) in [6.45, 7) is -0.901. The molecule has 1 rings (SSSR count). The SMILES string of the molecule is CNCC1CCCCN1S(=O)(=O)NCCOCC(F)(F)F. The Morgan fingerprint density at radius 1 is 1.33 bits per heavy atom. The molecular weight excluding hydrogens is 311 g/mol. The first-order chi connectivity index (χ1) is 9.76. The van der Waals surface area contributed by atoms with Crippen molar-refractivity contribution in [3.63, 3.8) is 0 Å². The first kappa shape index (κ1) is 18.6. The van der Waals surface area contributed by atoms with Crippen LogP contribution in [-0.2, 0) is 14.9 Å². The molecule has 1 aliphatic heterocycles. The Hall–Kier alpha value is -0.420. The molecule has 0 saturated carbocycles. The van der Waals surface area contributed by atoms with Crippen LogP contribution < -0.4 is 10.0 Å². The van der Waals surface area contributed by atoms with Crippen LogP contribution in [0.15, 0.2) is 0 Å². The molecule has 0 radical (unpaired) electrons. The van der Waals surface area contributed by atoms with E-state index in [-0.39, 0.29) is 19.2 Å². The molecule has 1 aliphatic rings. The van der Waals surface area contributed by atoms with Gasteiger partial charge in [-0.1, -0.05) is 6.42 Å². The summed E-state index contributed by atoms with van der Waals surface area (Å²) in [5, 5.41) is 2.95. The van der Waals surface area contributed by atoms with E-state index in [1.54, 1.807) is 7.05 Å². The Morgan fingerprint density at radius 2 is 2.05 bits per heavy atom. The fraction of sp³-hybridized carbons (Fsp3) is 1.00. The summed E-state index contributed by atoms with van der Waals surface area (Å²) in [6.07, 6.45) is -1.88. The molecule has 1 saturated heterocycles. The van der Waals surface area contributed by atoms with Gasteiger partial charge >= 0.3 is 6.18 Å². The van der Waals surface area contributed by atoms with E-state index in [9.17, 15) is 21.6 Å². The molecule has 1 unspecified atom stereocenters. The molecule has 0 aliphatic carbocycles. The molecule has 0 amide bonds. The van der Waals surface area contributed by atoms with Gasteiger partial charge in [0.25, 0.3) is 10.2 Å². The third kappa shape index (κ3) is 6.92. The topological polar surface area (TPSA) is 70.7 Å². The normalized spacial score (nSPS) is 21.6. The van der Waals surface area contributed by atoms with Crippen molar-refractivity contribution in [1.82, 2.24) is 14.3 Å². The van der Waals surface area contributed by atoms with Gasteiger partial charge in [0.15, 0.2) is 0 Å². The maximum absolute atomic E-state index is 12.1. The van der Waals surface area contributed by atoms with E-state index in [4.69, 9.17) is 0 Å². The molecule has 1 heterocycles. The summed E-state index contributed by atoms with van der Waals surface area (Å²) in [5.41, 5.74) is 0. The van der Waals surface area contributed by atoms with Crippen molar-refractivity contribution in [2.24, 2.45) is 0 Å². The van der Waals surface area contributed by atoms with E-state index in [2.05, 4.69) is 14.8 Å². The molecule has 21 heavy (non-hydrogen) atoms. The lowest BCUT2D eigenvalue weighted by Gasteiger charge is -2.34. The van der Waals surface area contributed by atoms with Crippen molar-refractivity contribution in [2.75, 3.05) is 39.9 Å². The minimum atomic E-state index is -4.40. The Labute approximate surface area is 123 Å². The number of hydrogen-bond acceptors (Lipinski definition) is 4. The Kier molecular flexibility index (Phi) is 7.34. The minimum Gasteiger partial charge on any atom is -0.371 e. The highest BCUT2D eigenvalue weighted by atomic mass is 32.2. The number of halogens is 3. The fourth-order valence-electron chi connectivity index (χ4n) is 2.24. The highest BCUT2D eigenvalue weighted by molar-refractivity contribution is 7.87. The van der Waals surface area contributed by atoms with Crippen molar-refractivity contribution >= 4 is 10.2 Å². The number of ether oxygens (including phenoxy) is 1. The predicted octanol–water partition coefficient (Wildman–Crippen LogP) is 0.474. The van der Waals surface area contributed by atoms with E-state index >= 15 is 0 Å². The van der Waals surface area contributed by atoms with Crippen LogP contribution >= 0.6 is 0 Å². The number of nitrogens with one attached hydrogen (secondary N) is 2. The molecule has 0 aromatic carbocycles. The van der Waals surface area contributed by atoms with Crippen molar-refractivity contribution in [3.05, 3.63) is 0 Å². The molecule has 126 valence electrons. The van der Waals surface area contributed by atoms with E-state index in [1.165, 1.54) is 4.31 Å². The molecule has 0 aromatic rings. The van der Waals surface area contributed by atoms with Crippen LogP contribution in [0, 0.1) is 0 Å². The summed E-state index contributed by atoms with van der Waals surface area (Å²) in [6, 6.07) is -0.127. The molecule has 6 nitrogen and oxygen atoms in total. The highest BCUT2D eigenvalue weighted by Gasteiger charge is 2.31. The Morgan fingerprint density at radius 3 is 2.67 bits per heavy atom. The number of rotatable bonds is 8. The van der Waals surface area contributed by atoms with Gasteiger partial charge in [-0.2, -0.15) is 30.6 Å². The molecule has 0 bridgehead atoms. The van der Waals surface area contributed by atoms with Crippen LogP contribution in [0.3, 0.4) is 0 Å². The number of likely N-dealkylation sites (N-methyl/N-ethyl adjacent to an activating group) is 1. The van der Waals surface area contributed by atoms with Crippen LogP contribution in [0.1, 0.15) is 19.3 Å². The zero-order chi connectivity index (χ0) is 15.9. The third-order valence-corrected chi connectivity index (χ3v) is 4.79. The van der Waals surface area contributed by atoms with Gasteiger partial charge in [-0.3, -0.25) is 0 Å². The van der Waals surface area contributed by atoms with Crippen molar-refractivity contribution in [2.45, 2.75) is 31.5 Å². The van der Waals surface area contributed by atoms with Gasteiger partial charge in [-0.15, -0.1) is 0 Å². The lowest BCUT2D eigenvalue weighted by Crippen LogP contribution is -2.52. The zero-order valence-electron chi connectivity index (χ0n) is 11.9. The average molecular weight is 333 g/mol. The number of alkyl halides is 3. The minimum absolute atomic E-state index is 0.127. The summed E-state index contributed by atoms with van der Waals surface area (Å²) in [7, 11) is -1.94. The second kappa shape index (κ2) is 8.28. The quantitative estimate of drug-likeness (QED) is 0.634. The lowest BCUT2D eigenvalue weighted by atomic mass is 10.1. The van der Waals surface area contributed by atoms with Crippen molar-refractivity contribution in [3.8, 4) is 0 Å². The second-order valence-corrected chi connectivity index (χ2v) is 6.59. The van der Waals surface area contributed by atoms with E-state index in [0.717, 1.165) is 19.3 Å². The maximum atomic E-state index is 12.1. The second-order valence-electron chi connectivity index (χ2n) is 4.89. The van der Waals surface area contributed by atoms with Gasteiger partial charge in [0.05, 0.1) is 6.61 Å². The Balaban J connectivity index is 2.40. The smallest absolute Gasteiger partial charge is 0.371 e. The molecule has 2 N–H and O–H groups in total. The molecule has 0 spiro atoms. The van der Waals surface area contributed by atoms with Crippen LogP contribution in [0.4, 0.5) is 13.2 Å². The summed E-state index contributed by atoms with van der Waals surface area (Å²) < 4.78 is 67.9. The van der Waals surface area contributed by atoms with Gasteiger partial charge in [-0.25, -0.2) is 0 Å².